The van der Waals surface area contributed by atoms with E-state index >= 15 is 0 Å². The van der Waals surface area contributed by atoms with Crippen LogP contribution in [0.3, 0.4) is 0 Å². The van der Waals surface area contributed by atoms with Crippen molar-refractivity contribution in [3.8, 4) is 0 Å². The molecule has 0 bridgehead atoms. The summed E-state index contributed by atoms with van der Waals surface area (Å²) in [7, 11) is 0. The Morgan fingerprint density at radius 1 is 0.964 bits per heavy atom. The molecule has 2 atom stereocenters. The Morgan fingerprint density at radius 2 is 1.68 bits per heavy atom. The Kier molecular flexibility index (Phi) is 4.59. The van der Waals surface area contributed by atoms with Gasteiger partial charge in [-0.1, -0.05) is 60.7 Å². The molecule has 4 nitrogen and oxygen atoms in total. The average molecular weight is 371 g/mol. The molecule has 0 aliphatic carbocycles. The summed E-state index contributed by atoms with van der Waals surface area (Å²) in [6.07, 6.45) is 0.846. The van der Waals surface area contributed by atoms with Crippen LogP contribution in [0.1, 0.15) is 23.1 Å². The lowest BCUT2D eigenvalue weighted by molar-refractivity contribution is -0.133. The van der Waals surface area contributed by atoms with Gasteiger partial charge in [-0.15, -0.1) is 0 Å². The zero-order valence-electron chi connectivity index (χ0n) is 15.9. The smallest absolute Gasteiger partial charge is 0.240 e. The molecule has 2 unspecified atom stereocenters. The van der Waals surface area contributed by atoms with E-state index in [2.05, 4.69) is 65.2 Å². The van der Waals surface area contributed by atoms with Crippen molar-refractivity contribution < 1.29 is 4.79 Å². The number of nitrogens with one attached hydrogen (secondary N) is 2. The SMILES string of the molecule is O=C(C1CC(NCc2ccc3ccccc3c2)CN1)N1Cc2ccccc2C1. The third-order valence-corrected chi connectivity index (χ3v) is 5.99. The molecule has 3 aromatic carbocycles. The van der Waals surface area contributed by atoms with Crippen LogP contribution in [0.5, 0.6) is 0 Å². The molecule has 1 saturated heterocycles. The van der Waals surface area contributed by atoms with Crippen LogP contribution in [0, 0.1) is 0 Å². The predicted octanol–water partition coefficient (Wildman–Crippen LogP) is 3.20. The van der Waals surface area contributed by atoms with Gasteiger partial charge >= 0.3 is 0 Å². The fourth-order valence-corrected chi connectivity index (χ4v) is 4.40. The van der Waals surface area contributed by atoms with E-state index in [1.54, 1.807) is 0 Å². The van der Waals surface area contributed by atoms with E-state index < -0.39 is 0 Å². The van der Waals surface area contributed by atoms with Crippen molar-refractivity contribution in [3.63, 3.8) is 0 Å². The fraction of sp³-hybridized carbons (Fsp3) is 0.292. The van der Waals surface area contributed by atoms with E-state index in [0.717, 1.165) is 32.6 Å². The highest BCUT2D eigenvalue weighted by molar-refractivity contribution is 5.83. The Labute approximate surface area is 165 Å². The second-order valence-corrected chi connectivity index (χ2v) is 7.92. The molecule has 142 valence electrons. The molecule has 2 aliphatic heterocycles. The van der Waals surface area contributed by atoms with Gasteiger partial charge in [-0.3, -0.25) is 4.79 Å². The van der Waals surface area contributed by atoms with Crippen LogP contribution in [-0.2, 0) is 24.4 Å². The summed E-state index contributed by atoms with van der Waals surface area (Å²) in [5, 5.41) is 9.59. The monoisotopic (exact) mass is 371 g/mol. The van der Waals surface area contributed by atoms with Gasteiger partial charge in [0.05, 0.1) is 6.04 Å². The van der Waals surface area contributed by atoms with Gasteiger partial charge < -0.3 is 15.5 Å². The summed E-state index contributed by atoms with van der Waals surface area (Å²) in [6, 6.07) is 23.6. The number of hydrogen-bond acceptors (Lipinski definition) is 3. The minimum absolute atomic E-state index is 0.0802. The second kappa shape index (κ2) is 7.38. The summed E-state index contributed by atoms with van der Waals surface area (Å²) in [5.41, 5.74) is 3.84. The Hall–Kier alpha value is -2.69. The third-order valence-electron chi connectivity index (χ3n) is 5.99. The maximum Gasteiger partial charge on any atom is 0.240 e. The predicted molar refractivity (Wildman–Crippen MR) is 112 cm³/mol. The number of hydrogen-bond donors (Lipinski definition) is 2. The maximum absolute atomic E-state index is 12.9. The van der Waals surface area contributed by atoms with Crippen molar-refractivity contribution in [3.05, 3.63) is 83.4 Å². The Balaban J connectivity index is 1.16. The number of amides is 1. The van der Waals surface area contributed by atoms with Crippen molar-refractivity contribution >= 4 is 16.7 Å². The van der Waals surface area contributed by atoms with Crippen LogP contribution in [0.15, 0.2) is 66.7 Å². The van der Waals surface area contributed by atoms with Crippen LogP contribution < -0.4 is 10.6 Å². The van der Waals surface area contributed by atoms with Gasteiger partial charge in [-0.05, 0) is 39.9 Å². The zero-order valence-corrected chi connectivity index (χ0v) is 15.9. The number of fused-ring (bicyclic) bond motifs is 2. The second-order valence-electron chi connectivity index (χ2n) is 7.92. The molecule has 1 fully saturated rings. The molecular formula is C24H25N3O. The minimum atomic E-state index is -0.0802. The molecule has 0 radical (unpaired) electrons. The van der Waals surface area contributed by atoms with Crippen LogP contribution in [0.2, 0.25) is 0 Å². The van der Waals surface area contributed by atoms with Crippen LogP contribution in [0.4, 0.5) is 0 Å². The van der Waals surface area contributed by atoms with Crippen molar-refractivity contribution in [2.24, 2.45) is 0 Å². The first-order chi connectivity index (χ1) is 13.8. The first-order valence-electron chi connectivity index (χ1n) is 10.1. The van der Waals surface area contributed by atoms with Gasteiger partial charge in [-0.2, -0.15) is 0 Å². The first kappa shape index (κ1) is 17.4. The van der Waals surface area contributed by atoms with E-state index in [-0.39, 0.29) is 11.9 Å². The Morgan fingerprint density at radius 3 is 2.46 bits per heavy atom. The summed E-state index contributed by atoms with van der Waals surface area (Å²) in [4.78, 5) is 14.9. The summed E-state index contributed by atoms with van der Waals surface area (Å²) in [6.45, 7) is 3.14. The standard InChI is InChI=1S/C24H25N3O/c28-24(27-15-20-7-3-4-8-21(20)16-27)23-12-22(14-26-23)25-13-17-9-10-18-5-1-2-6-19(18)11-17/h1-11,22-23,25-26H,12-16H2. The lowest BCUT2D eigenvalue weighted by atomic mass is 10.1. The van der Waals surface area contributed by atoms with E-state index in [0.29, 0.717) is 6.04 Å². The van der Waals surface area contributed by atoms with Crippen molar-refractivity contribution in [2.75, 3.05) is 6.54 Å². The lowest BCUT2D eigenvalue weighted by Gasteiger charge is -2.20. The molecule has 0 aromatic heterocycles. The molecule has 5 rings (SSSR count). The van der Waals surface area contributed by atoms with Gasteiger partial charge in [0.15, 0.2) is 0 Å². The van der Waals surface area contributed by atoms with Gasteiger partial charge in [0.2, 0.25) is 5.91 Å². The van der Waals surface area contributed by atoms with Crippen LogP contribution >= 0.6 is 0 Å². The van der Waals surface area contributed by atoms with E-state index in [1.807, 2.05) is 17.0 Å². The summed E-state index contributed by atoms with van der Waals surface area (Å²) < 4.78 is 0. The van der Waals surface area contributed by atoms with Crippen molar-refractivity contribution in [2.45, 2.75) is 38.1 Å². The number of carbonyl (C=O) groups excluding carboxylic acids is 1. The molecule has 0 spiro atoms. The number of carbonyl (C=O) groups is 1. The van der Waals surface area contributed by atoms with Gasteiger partial charge in [-0.25, -0.2) is 0 Å². The number of nitrogens with zero attached hydrogens (tertiary/aromatic N) is 1. The average Bonchev–Trinajstić information content (AvgIpc) is 3.38. The number of rotatable bonds is 4. The van der Waals surface area contributed by atoms with Gasteiger partial charge in [0.1, 0.15) is 0 Å². The van der Waals surface area contributed by atoms with E-state index in [9.17, 15) is 4.79 Å². The lowest BCUT2D eigenvalue weighted by Crippen LogP contribution is -2.40. The highest BCUT2D eigenvalue weighted by Gasteiger charge is 2.34. The largest absolute Gasteiger partial charge is 0.333 e. The maximum atomic E-state index is 12.9. The van der Waals surface area contributed by atoms with Crippen LogP contribution in [-0.4, -0.2) is 29.4 Å². The quantitative estimate of drug-likeness (QED) is 0.740. The zero-order chi connectivity index (χ0) is 18.9. The highest BCUT2D eigenvalue weighted by atomic mass is 16.2. The molecule has 0 saturated carbocycles. The highest BCUT2D eigenvalue weighted by Crippen LogP contribution is 2.24. The van der Waals surface area contributed by atoms with Gasteiger partial charge in [0, 0.05) is 32.2 Å². The summed E-state index contributed by atoms with van der Waals surface area (Å²) in [5.74, 6) is 0.228. The van der Waals surface area contributed by atoms with E-state index in [1.165, 1.54) is 27.5 Å². The van der Waals surface area contributed by atoms with Crippen molar-refractivity contribution in [1.29, 1.82) is 0 Å². The normalized spacial score (nSPS) is 21.2. The molecule has 1 amide bonds. The van der Waals surface area contributed by atoms with E-state index in [4.69, 9.17) is 0 Å². The topological polar surface area (TPSA) is 44.4 Å². The fourth-order valence-electron chi connectivity index (χ4n) is 4.40. The third kappa shape index (κ3) is 3.41. The summed E-state index contributed by atoms with van der Waals surface area (Å²) >= 11 is 0. The molecule has 2 N–H and O–H groups in total. The Bertz CT molecular complexity index is 990. The molecule has 28 heavy (non-hydrogen) atoms. The minimum Gasteiger partial charge on any atom is -0.333 e. The molecular weight excluding hydrogens is 346 g/mol. The number of benzene rings is 3. The van der Waals surface area contributed by atoms with Crippen molar-refractivity contribution in [1.82, 2.24) is 15.5 Å². The molecule has 2 heterocycles. The first-order valence-corrected chi connectivity index (χ1v) is 10.1. The molecule has 2 aliphatic rings. The van der Waals surface area contributed by atoms with Crippen LogP contribution in [0.25, 0.3) is 10.8 Å². The van der Waals surface area contributed by atoms with Gasteiger partial charge in [0.25, 0.3) is 0 Å². The molecule has 3 aromatic rings. The molecule has 4 heteroatoms.